The Morgan fingerprint density at radius 3 is 2.92 bits per heavy atom. The largest absolute Gasteiger partial charge is 0.361 e. The number of benzene rings is 1. The molecule has 6 heteroatoms. The Morgan fingerprint density at radius 2 is 2.12 bits per heavy atom. The average Bonchev–Trinajstić information content (AvgIpc) is 3.40. The van der Waals surface area contributed by atoms with Crippen molar-refractivity contribution in [3.8, 4) is 0 Å². The summed E-state index contributed by atoms with van der Waals surface area (Å²) in [5.74, 6) is 1.52. The van der Waals surface area contributed by atoms with Crippen LogP contribution in [0.3, 0.4) is 0 Å². The maximum atomic E-state index is 12.7. The van der Waals surface area contributed by atoms with Gasteiger partial charge in [-0.05, 0) is 44.2 Å². The van der Waals surface area contributed by atoms with Crippen LogP contribution in [-0.4, -0.2) is 34.0 Å². The first kappa shape index (κ1) is 17.5. The minimum atomic E-state index is 0.0177. The molecule has 0 radical (unpaired) electrons. The van der Waals surface area contributed by atoms with Crippen molar-refractivity contribution in [3.05, 3.63) is 36.5 Å². The zero-order valence-electron chi connectivity index (χ0n) is 15.4. The van der Waals surface area contributed by atoms with Crippen molar-refractivity contribution < 1.29 is 4.79 Å². The topological polar surface area (TPSA) is 50.2 Å². The Labute approximate surface area is 159 Å². The number of carbonyl (C=O) groups excluding carboxylic acids is 1. The number of hydrogen-bond donors (Lipinski definition) is 1. The van der Waals surface area contributed by atoms with Gasteiger partial charge < -0.3 is 10.2 Å². The van der Waals surface area contributed by atoms with E-state index in [-0.39, 0.29) is 5.91 Å². The summed E-state index contributed by atoms with van der Waals surface area (Å²) in [5, 5.41) is 8.06. The van der Waals surface area contributed by atoms with Crippen molar-refractivity contribution in [2.45, 2.75) is 49.3 Å². The van der Waals surface area contributed by atoms with E-state index in [9.17, 15) is 4.79 Å². The van der Waals surface area contributed by atoms with Crippen molar-refractivity contribution in [3.63, 3.8) is 0 Å². The third-order valence-electron chi connectivity index (χ3n) is 5.30. The van der Waals surface area contributed by atoms with E-state index >= 15 is 0 Å². The molecule has 1 aliphatic carbocycles. The van der Waals surface area contributed by atoms with E-state index in [4.69, 9.17) is 0 Å². The van der Waals surface area contributed by atoms with E-state index in [0.29, 0.717) is 23.8 Å². The molecule has 2 unspecified atom stereocenters. The van der Waals surface area contributed by atoms with Gasteiger partial charge in [0, 0.05) is 22.8 Å². The summed E-state index contributed by atoms with van der Waals surface area (Å²) in [6.45, 7) is 5.70. The standard InChI is InChI=1S/C20H26N4OS/c1-14-10-12-23(17-5-3-4-6-18(17)26-14)13-20(25)22-19-9-11-21-24(19)15(2)16-7-8-16/h3-6,9,11,14-16H,7-8,10,12-13H2,1-2H3,(H,22,25). The summed E-state index contributed by atoms with van der Waals surface area (Å²) in [6.07, 6.45) is 5.36. The third-order valence-corrected chi connectivity index (χ3v) is 6.54. The maximum Gasteiger partial charge on any atom is 0.245 e. The second kappa shape index (κ2) is 7.35. The van der Waals surface area contributed by atoms with Gasteiger partial charge in [-0.15, -0.1) is 11.8 Å². The minimum Gasteiger partial charge on any atom is -0.361 e. The van der Waals surface area contributed by atoms with Gasteiger partial charge in [-0.3, -0.25) is 4.79 Å². The van der Waals surface area contributed by atoms with Gasteiger partial charge in [-0.1, -0.05) is 19.1 Å². The van der Waals surface area contributed by atoms with Crippen LogP contribution in [0.15, 0.2) is 41.4 Å². The smallest absolute Gasteiger partial charge is 0.245 e. The zero-order valence-corrected chi connectivity index (χ0v) is 16.2. The number of para-hydroxylation sites is 1. The van der Waals surface area contributed by atoms with Gasteiger partial charge >= 0.3 is 0 Å². The molecule has 2 aromatic rings. The van der Waals surface area contributed by atoms with E-state index in [1.165, 1.54) is 17.7 Å². The Hall–Kier alpha value is -1.95. The molecule has 0 spiro atoms. The van der Waals surface area contributed by atoms with Crippen molar-refractivity contribution in [2.75, 3.05) is 23.3 Å². The lowest BCUT2D eigenvalue weighted by molar-refractivity contribution is -0.115. The minimum absolute atomic E-state index is 0.0177. The normalized spacial score (nSPS) is 21.0. The quantitative estimate of drug-likeness (QED) is 0.858. The molecular formula is C20H26N4OS. The monoisotopic (exact) mass is 370 g/mol. The number of anilines is 2. The molecular weight excluding hydrogens is 344 g/mol. The Balaban J connectivity index is 1.46. The lowest BCUT2D eigenvalue weighted by Gasteiger charge is -2.24. The molecule has 4 rings (SSSR count). The van der Waals surface area contributed by atoms with E-state index in [1.807, 2.05) is 28.6 Å². The molecule has 2 heterocycles. The number of fused-ring (bicyclic) bond motifs is 1. The van der Waals surface area contributed by atoms with Gasteiger partial charge in [0.2, 0.25) is 5.91 Å². The van der Waals surface area contributed by atoms with Crippen LogP contribution in [0.5, 0.6) is 0 Å². The number of thioether (sulfide) groups is 1. The van der Waals surface area contributed by atoms with Crippen LogP contribution >= 0.6 is 11.8 Å². The Kier molecular flexibility index (Phi) is 4.94. The second-order valence-electron chi connectivity index (χ2n) is 7.39. The number of amides is 1. The van der Waals surface area contributed by atoms with Gasteiger partial charge in [0.15, 0.2) is 0 Å². The molecule has 2 aliphatic rings. The molecule has 0 bridgehead atoms. The van der Waals surface area contributed by atoms with Crippen LogP contribution in [-0.2, 0) is 4.79 Å². The highest BCUT2D eigenvalue weighted by Crippen LogP contribution is 2.40. The van der Waals surface area contributed by atoms with Gasteiger partial charge in [0.1, 0.15) is 5.82 Å². The van der Waals surface area contributed by atoms with Gasteiger partial charge in [-0.2, -0.15) is 5.10 Å². The van der Waals surface area contributed by atoms with Gasteiger partial charge in [0.25, 0.3) is 0 Å². The lowest BCUT2D eigenvalue weighted by Crippen LogP contribution is -2.34. The first-order valence-corrected chi connectivity index (χ1v) is 10.3. The fraction of sp³-hybridized carbons (Fsp3) is 0.500. The fourth-order valence-corrected chi connectivity index (χ4v) is 4.72. The van der Waals surface area contributed by atoms with Crippen molar-refractivity contribution in [2.24, 2.45) is 5.92 Å². The number of nitrogens with zero attached hydrogens (tertiary/aromatic N) is 3. The first-order valence-electron chi connectivity index (χ1n) is 9.46. The van der Waals surface area contributed by atoms with Crippen molar-refractivity contribution in [1.29, 1.82) is 0 Å². The number of aromatic nitrogens is 2. The summed E-state index contributed by atoms with van der Waals surface area (Å²) in [4.78, 5) is 16.2. The van der Waals surface area contributed by atoms with E-state index in [2.05, 4.69) is 47.4 Å². The average molecular weight is 371 g/mol. The Morgan fingerprint density at radius 1 is 1.31 bits per heavy atom. The van der Waals surface area contributed by atoms with E-state index < -0.39 is 0 Å². The molecule has 1 saturated carbocycles. The highest BCUT2D eigenvalue weighted by atomic mass is 32.2. The van der Waals surface area contributed by atoms with Gasteiger partial charge in [-0.25, -0.2) is 4.68 Å². The molecule has 1 aliphatic heterocycles. The molecule has 138 valence electrons. The summed E-state index contributed by atoms with van der Waals surface area (Å²) in [6, 6.07) is 10.6. The van der Waals surface area contributed by atoms with Crippen LogP contribution in [0.4, 0.5) is 11.5 Å². The summed E-state index contributed by atoms with van der Waals surface area (Å²) < 4.78 is 1.96. The second-order valence-corrected chi connectivity index (χ2v) is 8.87. The summed E-state index contributed by atoms with van der Waals surface area (Å²) in [5.41, 5.74) is 1.16. The molecule has 1 N–H and O–H groups in total. The molecule has 26 heavy (non-hydrogen) atoms. The van der Waals surface area contributed by atoms with Crippen LogP contribution in [0.2, 0.25) is 0 Å². The highest BCUT2D eigenvalue weighted by Gasteiger charge is 2.31. The molecule has 1 aromatic carbocycles. The molecule has 1 aromatic heterocycles. The highest BCUT2D eigenvalue weighted by molar-refractivity contribution is 8.00. The summed E-state index contributed by atoms with van der Waals surface area (Å²) in [7, 11) is 0. The number of carbonyl (C=O) groups is 1. The van der Waals surface area contributed by atoms with Crippen molar-refractivity contribution in [1.82, 2.24) is 9.78 Å². The number of hydrogen-bond acceptors (Lipinski definition) is 4. The molecule has 5 nitrogen and oxygen atoms in total. The maximum absolute atomic E-state index is 12.7. The predicted octanol–water partition coefficient (Wildman–Crippen LogP) is 4.18. The number of rotatable bonds is 5. The third kappa shape index (κ3) is 3.75. The molecule has 2 atom stereocenters. The Bertz CT molecular complexity index is 786. The van der Waals surface area contributed by atoms with Crippen LogP contribution in [0.1, 0.15) is 39.2 Å². The molecule has 1 fully saturated rings. The zero-order chi connectivity index (χ0) is 18.1. The molecule has 0 saturated heterocycles. The number of nitrogens with one attached hydrogen (secondary N) is 1. The van der Waals surface area contributed by atoms with E-state index in [0.717, 1.165) is 24.5 Å². The first-order chi connectivity index (χ1) is 12.6. The van der Waals surface area contributed by atoms with Crippen molar-refractivity contribution >= 4 is 29.2 Å². The molecule has 1 amide bonds. The van der Waals surface area contributed by atoms with Gasteiger partial charge in [0.05, 0.1) is 24.5 Å². The fourth-order valence-electron chi connectivity index (χ4n) is 3.59. The van der Waals surface area contributed by atoms with Crippen LogP contribution < -0.4 is 10.2 Å². The van der Waals surface area contributed by atoms with Crippen LogP contribution in [0, 0.1) is 5.92 Å². The lowest BCUT2D eigenvalue weighted by atomic mass is 10.2. The summed E-state index contributed by atoms with van der Waals surface area (Å²) >= 11 is 1.90. The van der Waals surface area contributed by atoms with E-state index in [1.54, 1.807) is 6.20 Å². The predicted molar refractivity (Wildman–Crippen MR) is 107 cm³/mol. The van der Waals surface area contributed by atoms with Crippen LogP contribution in [0.25, 0.3) is 0 Å². The SMILES string of the molecule is CC1CCN(CC(=O)Nc2ccnn2C(C)C2CC2)c2ccccc2S1.